The van der Waals surface area contributed by atoms with Crippen molar-refractivity contribution in [3.05, 3.63) is 52.5 Å². The van der Waals surface area contributed by atoms with Crippen LogP contribution in [0, 0.1) is 5.82 Å². The van der Waals surface area contributed by atoms with Crippen LogP contribution in [0.3, 0.4) is 0 Å². The molecule has 1 atom stereocenters. The highest BCUT2D eigenvalue weighted by molar-refractivity contribution is 7.99. The second-order valence-corrected chi connectivity index (χ2v) is 8.40. The van der Waals surface area contributed by atoms with E-state index in [1.54, 1.807) is 29.5 Å². The van der Waals surface area contributed by atoms with Crippen LogP contribution in [0.4, 0.5) is 4.39 Å². The lowest BCUT2D eigenvalue weighted by molar-refractivity contribution is -0.119. The first-order valence-electron chi connectivity index (χ1n) is 8.79. The molecule has 5 nitrogen and oxygen atoms in total. The quantitative estimate of drug-likeness (QED) is 0.593. The summed E-state index contributed by atoms with van der Waals surface area (Å²) in [5.41, 5.74) is 0.444. The zero-order valence-corrected chi connectivity index (χ0v) is 16.4. The van der Waals surface area contributed by atoms with Gasteiger partial charge in [-0.2, -0.15) is 0 Å². The molecule has 1 N–H and O–H groups in total. The summed E-state index contributed by atoms with van der Waals surface area (Å²) in [5.74, 6) is 0.410. The summed E-state index contributed by atoms with van der Waals surface area (Å²) in [6.07, 6.45) is 2.04. The van der Waals surface area contributed by atoms with E-state index in [1.165, 1.54) is 17.8 Å². The van der Waals surface area contributed by atoms with Crippen molar-refractivity contribution in [1.29, 1.82) is 0 Å². The van der Waals surface area contributed by atoms with E-state index in [1.807, 2.05) is 29.0 Å². The van der Waals surface area contributed by atoms with Gasteiger partial charge in [0, 0.05) is 10.9 Å². The molecule has 2 aromatic heterocycles. The largest absolute Gasteiger partial charge is 0.348 e. The summed E-state index contributed by atoms with van der Waals surface area (Å²) in [5, 5.41) is 14.1. The van der Waals surface area contributed by atoms with Crippen LogP contribution in [0.2, 0.25) is 0 Å². The zero-order valence-electron chi connectivity index (χ0n) is 14.8. The van der Waals surface area contributed by atoms with Crippen molar-refractivity contribution in [2.24, 2.45) is 0 Å². The number of thiophene rings is 1. The fourth-order valence-electron chi connectivity index (χ4n) is 2.89. The first kappa shape index (κ1) is 18.2. The first-order valence-corrected chi connectivity index (χ1v) is 10.7. The normalized spacial score (nSPS) is 14.9. The Morgan fingerprint density at radius 1 is 1.33 bits per heavy atom. The molecule has 0 saturated heterocycles. The van der Waals surface area contributed by atoms with Gasteiger partial charge in [0.2, 0.25) is 5.91 Å². The molecule has 4 rings (SSSR count). The highest BCUT2D eigenvalue weighted by atomic mass is 32.2. The summed E-state index contributed by atoms with van der Waals surface area (Å²) >= 11 is 2.96. The van der Waals surface area contributed by atoms with Crippen molar-refractivity contribution in [2.45, 2.75) is 37.0 Å². The first-order chi connectivity index (χ1) is 13.1. The second-order valence-electron chi connectivity index (χ2n) is 6.48. The number of carbonyl (C=O) groups is 1. The van der Waals surface area contributed by atoms with E-state index in [0.717, 1.165) is 17.7 Å². The third-order valence-corrected chi connectivity index (χ3v) is 6.37. The van der Waals surface area contributed by atoms with Crippen molar-refractivity contribution >= 4 is 29.0 Å². The van der Waals surface area contributed by atoms with E-state index in [-0.39, 0.29) is 29.6 Å². The van der Waals surface area contributed by atoms with Gasteiger partial charge in [-0.25, -0.2) is 4.39 Å². The third kappa shape index (κ3) is 4.06. The van der Waals surface area contributed by atoms with E-state index in [2.05, 4.69) is 15.5 Å². The van der Waals surface area contributed by atoms with Gasteiger partial charge in [0.05, 0.1) is 17.4 Å². The monoisotopic (exact) mass is 402 g/mol. The number of amides is 1. The Morgan fingerprint density at radius 3 is 2.85 bits per heavy atom. The van der Waals surface area contributed by atoms with E-state index in [0.29, 0.717) is 16.5 Å². The Hall–Kier alpha value is -2.19. The summed E-state index contributed by atoms with van der Waals surface area (Å²) in [6, 6.07) is 10.8. The average Bonchev–Trinajstić information content (AvgIpc) is 3.18. The lowest BCUT2D eigenvalue weighted by atomic mass is 10.2. The lowest BCUT2D eigenvalue weighted by Gasteiger charge is -2.12. The number of hydrogen-bond donors (Lipinski definition) is 1. The molecule has 1 aliphatic carbocycles. The molecule has 1 fully saturated rings. The maximum absolute atomic E-state index is 14.2. The fraction of sp³-hybridized carbons (Fsp3) is 0.316. The van der Waals surface area contributed by atoms with Gasteiger partial charge in [-0.05, 0) is 43.3 Å². The molecule has 1 saturated carbocycles. The van der Waals surface area contributed by atoms with Gasteiger partial charge in [0.15, 0.2) is 11.0 Å². The number of halogens is 1. The number of thioether (sulfide) groups is 1. The van der Waals surface area contributed by atoms with Crippen LogP contribution >= 0.6 is 23.1 Å². The average molecular weight is 403 g/mol. The van der Waals surface area contributed by atoms with Crippen LogP contribution in [-0.2, 0) is 4.79 Å². The SMILES string of the molecule is C[C@H](NC(=O)CSc1nnc(-c2ccccc2F)n1C1CC1)c1cccs1. The van der Waals surface area contributed by atoms with Crippen molar-refractivity contribution in [3.63, 3.8) is 0 Å². The Balaban J connectivity index is 1.47. The molecule has 2 heterocycles. The molecule has 0 aliphatic heterocycles. The number of benzene rings is 1. The van der Waals surface area contributed by atoms with Crippen molar-refractivity contribution < 1.29 is 9.18 Å². The molecule has 0 radical (unpaired) electrons. The number of hydrogen-bond acceptors (Lipinski definition) is 5. The molecule has 8 heteroatoms. The van der Waals surface area contributed by atoms with Gasteiger partial charge < -0.3 is 5.32 Å². The molecule has 1 amide bonds. The number of nitrogens with zero attached hydrogens (tertiary/aromatic N) is 3. The van der Waals surface area contributed by atoms with Gasteiger partial charge in [0.1, 0.15) is 5.82 Å². The van der Waals surface area contributed by atoms with Crippen LogP contribution in [-0.4, -0.2) is 26.4 Å². The molecule has 27 heavy (non-hydrogen) atoms. The summed E-state index contributed by atoms with van der Waals surface area (Å²) in [7, 11) is 0. The zero-order chi connectivity index (χ0) is 18.8. The highest BCUT2D eigenvalue weighted by Crippen LogP contribution is 2.41. The molecule has 0 unspecified atom stereocenters. The summed E-state index contributed by atoms with van der Waals surface area (Å²) < 4.78 is 16.2. The molecule has 140 valence electrons. The van der Waals surface area contributed by atoms with Crippen LogP contribution in [0.25, 0.3) is 11.4 Å². The minimum Gasteiger partial charge on any atom is -0.348 e. The lowest BCUT2D eigenvalue weighted by Crippen LogP contribution is -2.27. The van der Waals surface area contributed by atoms with Crippen LogP contribution < -0.4 is 5.32 Å². The van der Waals surface area contributed by atoms with Gasteiger partial charge in [-0.3, -0.25) is 9.36 Å². The fourth-order valence-corrected chi connectivity index (χ4v) is 4.44. The Kier molecular flexibility index (Phi) is 5.27. The maximum Gasteiger partial charge on any atom is 0.230 e. The van der Waals surface area contributed by atoms with E-state index >= 15 is 0 Å². The van der Waals surface area contributed by atoms with Crippen LogP contribution in [0.1, 0.15) is 36.7 Å². The van der Waals surface area contributed by atoms with E-state index in [9.17, 15) is 9.18 Å². The number of rotatable bonds is 7. The summed E-state index contributed by atoms with van der Waals surface area (Å²) in [4.78, 5) is 13.4. The molecule has 3 aromatic rings. The molecule has 1 aromatic carbocycles. The molecule has 1 aliphatic rings. The third-order valence-electron chi connectivity index (χ3n) is 4.37. The molecular formula is C19H19FN4OS2. The van der Waals surface area contributed by atoms with Crippen molar-refractivity contribution in [1.82, 2.24) is 20.1 Å². The van der Waals surface area contributed by atoms with Gasteiger partial charge in [-0.15, -0.1) is 21.5 Å². The predicted octanol–water partition coefficient (Wildman–Crippen LogP) is 4.45. The number of nitrogens with one attached hydrogen (secondary N) is 1. The van der Waals surface area contributed by atoms with Gasteiger partial charge in [0.25, 0.3) is 0 Å². The maximum atomic E-state index is 14.2. The minimum absolute atomic E-state index is 0.0200. The Labute approximate surface area is 165 Å². The molecule has 0 spiro atoms. The highest BCUT2D eigenvalue weighted by Gasteiger charge is 2.31. The van der Waals surface area contributed by atoms with E-state index < -0.39 is 0 Å². The minimum atomic E-state index is -0.314. The van der Waals surface area contributed by atoms with E-state index in [4.69, 9.17) is 0 Å². The van der Waals surface area contributed by atoms with Gasteiger partial charge in [-0.1, -0.05) is 30.0 Å². The standard InChI is InChI=1S/C19H19FN4OS2/c1-12(16-7-4-10-26-16)21-17(25)11-27-19-23-22-18(24(19)13-8-9-13)14-5-2-3-6-15(14)20/h2-7,10,12-13H,8-9,11H2,1H3,(H,21,25)/t12-/m0/s1. The molecule has 0 bridgehead atoms. The topological polar surface area (TPSA) is 59.8 Å². The van der Waals surface area contributed by atoms with Crippen LogP contribution in [0.5, 0.6) is 0 Å². The predicted molar refractivity (Wildman–Crippen MR) is 105 cm³/mol. The number of aromatic nitrogens is 3. The Morgan fingerprint density at radius 2 is 2.15 bits per heavy atom. The van der Waals surface area contributed by atoms with Crippen LogP contribution in [0.15, 0.2) is 46.9 Å². The second kappa shape index (κ2) is 7.82. The smallest absolute Gasteiger partial charge is 0.230 e. The van der Waals surface area contributed by atoms with Crippen molar-refractivity contribution in [3.8, 4) is 11.4 Å². The Bertz CT molecular complexity index is 937. The van der Waals surface area contributed by atoms with Crippen molar-refractivity contribution in [2.75, 3.05) is 5.75 Å². The molecular weight excluding hydrogens is 383 g/mol. The summed E-state index contributed by atoms with van der Waals surface area (Å²) in [6.45, 7) is 1.97. The van der Waals surface area contributed by atoms with Gasteiger partial charge >= 0.3 is 0 Å². The number of carbonyl (C=O) groups excluding carboxylic acids is 1.